The number of hydrogen-bond acceptors (Lipinski definition) is 2. The van der Waals surface area contributed by atoms with E-state index in [0.29, 0.717) is 0 Å². The van der Waals surface area contributed by atoms with Gasteiger partial charge >= 0.3 is 0 Å². The predicted octanol–water partition coefficient (Wildman–Crippen LogP) is 2.21. The SMILES string of the molecule is CCNCC1CCN(CC(C)C(C)C)C1. The first kappa shape index (κ1) is 13.0. The molecule has 0 aromatic rings. The fourth-order valence-corrected chi connectivity index (χ4v) is 2.21. The number of nitrogens with zero attached hydrogens (tertiary/aromatic N) is 1. The van der Waals surface area contributed by atoms with Crippen LogP contribution >= 0.6 is 0 Å². The molecular formula is C13H28N2. The highest BCUT2D eigenvalue weighted by molar-refractivity contribution is 4.78. The van der Waals surface area contributed by atoms with E-state index in [9.17, 15) is 0 Å². The predicted molar refractivity (Wildman–Crippen MR) is 67.1 cm³/mol. The van der Waals surface area contributed by atoms with Gasteiger partial charge in [0.25, 0.3) is 0 Å². The molecule has 0 amide bonds. The molecule has 2 unspecified atom stereocenters. The Balaban J connectivity index is 2.18. The molecule has 1 N–H and O–H groups in total. The Labute approximate surface area is 95.4 Å². The molecule has 1 aliphatic heterocycles. The molecule has 0 aromatic carbocycles. The molecule has 90 valence electrons. The van der Waals surface area contributed by atoms with Crippen molar-refractivity contribution in [1.29, 1.82) is 0 Å². The van der Waals surface area contributed by atoms with Gasteiger partial charge in [0.2, 0.25) is 0 Å². The topological polar surface area (TPSA) is 15.3 Å². The lowest BCUT2D eigenvalue weighted by atomic mass is 9.98. The summed E-state index contributed by atoms with van der Waals surface area (Å²) in [5, 5.41) is 3.46. The highest BCUT2D eigenvalue weighted by atomic mass is 15.1. The molecule has 2 atom stereocenters. The third kappa shape index (κ3) is 4.52. The highest BCUT2D eigenvalue weighted by Crippen LogP contribution is 2.19. The van der Waals surface area contributed by atoms with Crippen molar-refractivity contribution in [2.75, 3.05) is 32.7 Å². The van der Waals surface area contributed by atoms with Gasteiger partial charge in [-0.25, -0.2) is 0 Å². The Morgan fingerprint density at radius 1 is 1.33 bits per heavy atom. The van der Waals surface area contributed by atoms with Crippen LogP contribution in [0.5, 0.6) is 0 Å². The van der Waals surface area contributed by atoms with Crippen molar-refractivity contribution in [2.24, 2.45) is 17.8 Å². The zero-order valence-corrected chi connectivity index (χ0v) is 10.9. The van der Waals surface area contributed by atoms with Crippen molar-refractivity contribution >= 4 is 0 Å². The summed E-state index contributed by atoms with van der Waals surface area (Å²) in [6, 6.07) is 0. The molecule has 1 heterocycles. The van der Waals surface area contributed by atoms with Gasteiger partial charge in [0.15, 0.2) is 0 Å². The summed E-state index contributed by atoms with van der Waals surface area (Å²) in [7, 11) is 0. The molecule has 0 spiro atoms. The van der Waals surface area contributed by atoms with E-state index >= 15 is 0 Å². The molecule has 1 saturated heterocycles. The maximum atomic E-state index is 3.46. The molecule has 0 saturated carbocycles. The highest BCUT2D eigenvalue weighted by Gasteiger charge is 2.23. The second-order valence-electron chi connectivity index (χ2n) is 5.44. The lowest BCUT2D eigenvalue weighted by molar-refractivity contribution is 0.242. The molecule has 15 heavy (non-hydrogen) atoms. The van der Waals surface area contributed by atoms with Gasteiger partial charge in [0.1, 0.15) is 0 Å². The molecule has 2 heteroatoms. The van der Waals surface area contributed by atoms with E-state index in [0.717, 1.165) is 24.3 Å². The number of likely N-dealkylation sites (tertiary alicyclic amines) is 1. The van der Waals surface area contributed by atoms with Crippen LogP contribution in [0.2, 0.25) is 0 Å². The van der Waals surface area contributed by atoms with Crippen molar-refractivity contribution in [3.8, 4) is 0 Å². The van der Waals surface area contributed by atoms with Crippen LogP contribution in [-0.2, 0) is 0 Å². The first-order valence-corrected chi connectivity index (χ1v) is 6.56. The van der Waals surface area contributed by atoms with E-state index in [1.54, 1.807) is 0 Å². The number of rotatable bonds is 6. The van der Waals surface area contributed by atoms with Crippen LogP contribution in [0.3, 0.4) is 0 Å². The molecule has 1 rings (SSSR count). The molecule has 0 radical (unpaired) electrons. The summed E-state index contributed by atoms with van der Waals surface area (Å²) in [6.07, 6.45) is 1.39. The third-order valence-electron chi connectivity index (χ3n) is 3.74. The van der Waals surface area contributed by atoms with Crippen LogP contribution < -0.4 is 5.32 Å². The second-order valence-corrected chi connectivity index (χ2v) is 5.44. The van der Waals surface area contributed by atoms with Crippen LogP contribution in [0.1, 0.15) is 34.1 Å². The third-order valence-corrected chi connectivity index (χ3v) is 3.74. The van der Waals surface area contributed by atoms with Gasteiger partial charge in [-0.1, -0.05) is 27.7 Å². The van der Waals surface area contributed by atoms with Gasteiger partial charge in [-0.2, -0.15) is 0 Å². The summed E-state index contributed by atoms with van der Waals surface area (Å²) >= 11 is 0. The standard InChI is InChI=1S/C13H28N2/c1-5-14-8-13-6-7-15(10-13)9-12(4)11(2)3/h11-14H,5-10H2,1-4H3. The van der Waals surface area contributed by atoms with Crippen LogP contribution in [0, 0.1) is 17.8 Å². The molecule has 2 nitrogen and oxygen atoms in total. The number of nitrogens with one attached hydrogen (secondary N) is 1. The summed E-state index contributed by atoms with van der Waals surface area (Å²) < 4.78 is 0. The molecule has 1 aliphatic rings. The quantitative estimate of drug-likeness (QED) is 0.726. The largest absolute Gasteiger partial charge is 0.317 e. The van der Waals surface area contributed by atoms with Gasteiger partial charge in [0.05, 0.1) is 0 Å². The first-order chi connectivity index (χ1) is 7.13. The second kappa shape index (κ2) is 6.49. The lowest BCUT2D eigenvalue weighted by Gasteiger charge is -2.23. The minimum Gasteiger partial charge on any atom is -0.317 e. The molecule has 0 aliphatic carbocycles. The first-order valence-electron chi connectivity index (χ1n) is 6.56. The molecular weight excluding hydrogens is 184 g/mol. The fourth-order valence-electron chi connectivity index (χ4n) is 2.21. The molecule has 0 aromatic heterocycles. The van der Waals surface area contributed by atoms with Crippen molar-refractivity contribution in [1.82, 2.24) is 10.2 Å². The monoisotopic (exact) mass is 212 g/mol. The molecule has 1 fully saturated rings. The van der Waals surface area contributed by atoms with Gasteiger partial charge in [-0.15, -0.1) is 0 Å². The average Bonchev–Trinajstić information content (AvgIpc) is 2.62. The van der Waals surface area contributed by atoms with Crippen molar-refractivity contribution in [3.63, 3.8) is 0 Å². The average molecular weight is 212 g/mol. The van der Waals surface area contributed by atoms with Gasteiger partial charge in [-0.05, 0) is 43.8 Å². The van der Waals surface area contributed by atoms with Crippen LogP contribution in [0.15, 0.2) is 0 Å². The van der Waals surface area contributed by atoms with Crippen LogP contribution in [0.25, 0.3) is 0 Å². The Morgan fingerprint density at radius 2 is 2.07 bits per heavy atom. The van der Waals surface area contributed by atoms with Gasteiger partial charge < -0.3 is 10.2 Å². The van der Waals surface area contributed by atoms with E-state index in [1.165, 1.54) is 32.6 Å². The summed E-state index contributed by atoms with van der Waals surface area (Å²) in [6.45, 7) is 15.5. The normalized spacial score (nSPS) is 25.0. The minimum atomic E-state index is 0.817. The summed E-state index contributed by atoms with van der Waals surface area (Å²) in [5.41, 5.74) is 0. The maximum Gasteiger partial charge on any atom is 0.00224 e. The Kier molecular flexibility index (Phi) is 5.62. The zero-order valence-electron chi connectivity index (χ0n) is 10.9. The lowest BCUT2D eigenvalue weighted by Crippen LogP contribution is -2.30. The van der Waals surface area contributed by atoms with E-state index in [-0.39, 0.29) is 0 Å². The Hall–Kier alpha value is -0.0800. The van der Waals surface area contributed by atoms with Gasteiger partial charge in [-0.3, -0.25) is 0 Å². The van der Waals surface area contributed by atoms with E-state index in [1.807, 2.05) is 0 Å². The maximum absolute atomic E-state index is 3.46. The smallest absolute Gasteiger partial charge is 0.00224 e. The van der Waals surface area contributed by atoms with Crippen LogP contribution in [-0.4, -0.2) is 37.6 Å². The van der Waals surface area contributed by atoms with Crippen molar-refractivity contribution < 1.29 is 0 Å². The zero-order chi connectivity index (χ0) is 11.3. The van der Waals surface area contributed by atoms with Crippen molar-refractivity contribution in [2.45, 2.75) is 34.1 Å². The van der Waals surface area contributed by atoms with Crippen LogP contribution in [0.4, 0.5) is 0 Å². The summed E-state index contributed by atoms with van der Waals surface area (Å²) in [5.74, 6) is 2.55. The van der Waals surface area contributed by atoms with Crippen molar-refractivity contribution in [3.05, 3.63) is 0 Å². The van der Waals surface area contributed by atoms with E-state index in [4.69, 9.17) is 0 Å². The Bertz CT molecular complexity index is 168. The van der Waals surface area contributed by atoms with E-state index in [2.05, 4.69) is 37.9 Å². The minimum absolute atomic E-state index is 0.817. The fraction of sp³-hybridized carbons (Fsp3) is 1.00. The van der Waals surface area contributed by atoms with E-state index < -0.39 is 0 Å². The molecule has 0 bridgehead atoms. The Morgan fingerprint density at radius 3 is 2.67 bits per heavy atom. The number of hydrogen-bond donors (Lipinski definition) is 1. The summed E-state index contributed by atoms with van der Waals surface area (Å²) in [4.78, 5) is 2.65. The van der Waals surface area contributed by atoms with Gasteiger partial charge in [0, 0.05) is 13.1 Å².